The van der Waals surface area contributed by atoms with Gasteiger partial charge in [0, 0.05) is 31.3 Å². The summed E-state index contributed by atoms with van der Waals surface area (Å²) in [6.07, 6.45) is 2.45. The SMILES string of the molecule is CN(C)C(=O)c1ccc(C#N)cc1CCc1ccc(O)c(C(=O)Nc2nc(S(C)=O)cs2)c1. The Balaban J connectivity index is 1.80. The molecule has 0 saturated carbocycles. The number of nitriles is 1. The molecule has 3 aromatic rings. The lowest BCUT2D eigenvalue weighted by molar-refractivity contribution is 0.0826. The maximum Gasteiger partial charge on any atom is 0.261 e. The molecule has 3 rings (SSSR count). The first-order valence-electron chi connectivity index (χ1n) is 9.86. The standard InChI is InChI=1S/C23H22N4O4S2/c1-27(2)22(30)17-8-5-15(12-24)10-16(17)7-4-14-6-9-19(28)18(11-14)21(29)26-23-25-20(13-32-23)33(3)31/h5-6,8-11,13,28H,4,7H2,1-3H3,(H,25,26,29). The van der Waals surface area contributed by atoms with Gasteiger partial charge in [-0.3, -0.25) is 19.1 Å². The molecule has 0 spiro atoms. The Bertz CT molecular complexity index is 1280. The molecule has 0 saturated heterocycles. The number of carbonyl (C=O) groups excluding carboxylic acids is 2. The van der Waals surface area contributed by atoms with E-state index in [4.69, 9.17) is 0 Å². The molecular formula is C23H22N4O4S2. The summed E-state index contributed by atoms with van der Waals surface area (Å²) in [7, 11) is 2.07. The number of phenols is 1. The van der Waals surface area contributed by atoms with Crippen LogP contribution in [0.1, 0.15) is 37.4 Å². The second-order valence-corrected chi connectivity index (χ2v) is 9.62. The number of amides is 2. The minimum Gasteiger partial charge on any atom is -0.507 e. The Hall–Kier alpha value is -3.55. The van der Waals surface area contributed by atoms with Crippen LogP contribution in [0.4, 0.5) is 5.13 Å². The van der Waals surface area contributed by atoms with E-state index < -0.39 is 16.7 Å². The van der Waals surface area contributed by atoms with Crippen LogP contribution in [0.25, 0.3) is 0 Å². The van der Waals surface area contributed by atoms with E-state index in [1.54, 1.807) is 49.8 Å². The Kier molecular flexibility index (Phi) is 7.58. The lowest BCUT2D eigenvalue weighted by atomic mass is 9.96. The molecule has 0 bridgehead atoms. The third-order valence-electron chi connectivity index (χ3n) is 4.86. The topological polar surface area (TPSA) is 123 Å². The van der Waals surface area contributed by atoms with E-state index in [0.29, 0.717) is 29.0 Å². The number of benzene rings is 2. The first-order chi connectivity index (χ1) is 15.7. The smallest absolute Gasteiger partial charge is 0.261 e. The number of anilines is 1. The monoisotopic (exact) mass is 482 g/mol. The predicted octanol–water partition coefficient (Wildman–Crippen LogP) is 3.20. The van der Waals surface area contributed by atoms with Gasteiger partial charge in [0.05, 0.1) is 28.0 Å². The van der Waals surface area contributed by atoms with Crippen LogP contribution in [0.3, 0.4) is 0 Å². The molecule has 10 heteroatoms. The fourth-order valence-electron chi connectivity index (χ4n) is 3.13. The van der Waals surface area contributed by atoms with Crippen molar-refractivity contribution in [1.82, 2.24) is 9.88 Å². The molecule has 2 aromatic carbocycles. The summed E-state index contributed by atoms with van der Waals surface area (Å²) < 4.78 is 11.5. The highest BCUT2D eigenvalue weighted by Gasteiger charge is 2.17. The average molecular weight is 483 g/mol. The van der Waals surface area contributed by atoms with E-state index in [1.165, 1.54) is 17.2 Å². The molecule has 2 amide bonds. The summed E-state index contributed by atoms with van der Waals surface area (Å²) in [5.74, 6) is -0.870. The number of rotatable bonds is 7. The summed E-state index contributed by atoms with van der Waals surface area (Å²) in [5, 5.41) is 24.3. The first kappa shape index (κ1) is 24.1. The van der Waals surface area contributed by atoms with E-state index in [2.05, 4.69) is 16.4 Å². The van der Waals surface area contributed by atoms with Crippen LogP contribution >= 0.6 is 11.3 Å². The van der Waals surface area contributed by atoms with E-state index in [9.17, 15) is 24.2 Å². The van der Waals surface area contributed by atoms with Crippen molar-refractivity contribution in [2.75, 3.05) is 25.7 Å². The Morgan fingerprint density at radius 1 is 1.18 bits per heavy atom. The van der Waals surface area contributed by atoms with E-state index >= 15 is 0 Å². The van der Waals surface area contributed by atoms with Crippen LogP contribution in [0, 0.1) is 11.3 Å². The molecule has 1 aromatic heterocycles. The van der Waals surface area contributed by atoms with E-state index in [1.807, 2.05) is 0 Å². The second-order valence-electron chi connectivity index (χ2n) is 7.43. The number of aryl methyl sites for hydroxylation is 2. The molecule has 0 aliphatic carbocycles. The highest BCUT2D eigenvalue weighted by Crippen LogP contribution is 2.24. The zero-order valence-corrected chi connectivity index (χ0v) is 19.9. The quantitative estimate of drug-likeness (QED) is 0.533. The van der Waals surface area contributed by atoms with Crippen molar-refractivity contribution in [2.24, 2.45) is 0 Å². The molecule has 2 N–H and O–H groups in total. The van der Waals surface area contributed by atoms with Gasteiger partial charge in [0.2, 0.25) is 0 Å². The molecular weight excluding hydrogens is 460 g/mol. The molecule has 33 heavy (non-hydrogen) atoms. The average Bonchev–Trinajstić information content (AvgIpc) is 3.26. The number of aromatic nitrogens is 1. The zero-order chi connectivity index (χ0) is 24.1. The maximum absolute atomic E-state index is 12.7. The lowest BCUT2D eigenvalue weighted by Crippen LogP contribution is -2.23. The number of carbonyl (C=O) groups is 2. The molecule has 1 unspecified atom stereocenters. The second kappa shape index (κ2) is 10.4. The van der Waals surface area contributed by atoms with Crippen molar-refractivity contribution in [3.8, 4) is 11.8 Å². The van der Waals surface area contributed by atoms with Crippen molar-refractivity contribution < 1.29 is 18.9 Å². The lowest BCUT2D eigenvalue weighted by Gasteiger charge is -2.15. The summed E-state index contributed by atoms with van der Waals surface area (Å²) in [4.78, 5) is 30.8. The molecule has 0 fully saturated rings. The minimum absolute atomic E-state index is 0.0808. The van der Waals surface area contributed by atoms with Gasteiger partial charge >= 0.3 is 0 Å². The summed E-state index contributed by atoms with van der Waals surface area (Å²) in [5.41, 5.74) is 2.57. The van der Waals surface area contributed by atoms with Crippen molar-refractivity contribution in [2.45, 2.75) is 17.9 Å². The fourth-order valence-corrected chi connectivity index (χ4v) is 4.66. The van der Waals surface area contributed by atoms with Gasteiger partial charge in [-0.1, -0.05) is 6.07 Å². The zero-order valence-electron chi connectivity index (χ0n) is 18.3. The van der Waals surface area contributed by atoms with Crippen LogP contribution in [-0.4, -0.2) is 51.4 Å². The molecule has 8 nitrogen and oxygen atoms in total. The minimum atomic E-state index is -1.26. The Morgan fingerprint density at radius 2 is 1.94 bits per heavy atom. The van der Waals surface area contributed by atoms with Gasteiger partial charge in [0.15, 0.2) is 5.13 Å². The fraction of sp³-hybridized carbons (Fsp3) is 0.217. The van der Waals surface area contributed by atoms with Crippen molar-refractivity contribution in [3.63, 3.8) is 0 Å². The molecule has 0 aliphatic rings. The van der Waals surface area contributed by atoms with Crippen LogP contribution in [0.2, 0.25) is 0 Å². The highest BCUT2D eigenvalue weighted by molar-refractivity contribution is 7.84. The number of phenolic OH excluding ortho intramolecular Hbond substituents is 1. The van der Waals surface area contributed by atoms with Crippen LogP contribution < -0.4 is 5.32 Å². The largest absolute Gasteiger partial charge is 0.507 e. The summed E-state index contributed by atoms with van der Waals surface area (Å²) >= 11 is 1.15. The molecule has 0 aliphatic heterocycles. The Labute approximate surface area is 198 Å². The molecule has 0 radical (unpaired) electrons. The van der Waals surface area contributed by atoms with Gasteiger partial charge in [-0.25, -0.2) is 4.98 Å². The van der Waals surface area contributed by atoms with Crippen molar-refractivity contribution in [1.29, 1.82) is 5.26 Å². The molecule has 1 atom stereocenters. The number of nitrogens with zero attached hydrogens (tertiary/aromatic N) is 3. The number of thiazole rings is 1. The number of nitrogens with one attached hydrogen (secondary N) is 1. The first-order valence-corrected chi connectivity index (χ1v) is 12.3. The highest BCUT2D eigenvalue weighted by atomic mass is 32.2. The van der Waals surface area contributed by atoms with Crippen LogP contribution in [-0.2, 0) is 23.6 Å². The third kappa shape index (κ3) is 5.83. The third-order valence-corrected chi connectivity index (χ3v) is 6.56. The van der Waals surface area contributed by atoms with E-state index in [-0.39, 0.29) is 22.4 Å². The van der Waals surface area contributed by atoms with Crippen LogP contribution in [0.15, 0.2) is 46.8 Å². The molecule has 170 valence electrons. The van der Waals surface area contributed by atoms with Gasteiger partial charge < -0.3 is 10.0 Å². The van der Waals surface area contributed by atoms with Gasteiger partial charge in [0.25, 0.3) is 11.8 Å². The summed E-state index contributed by atoms with van der Waals surface area (Å²) in [6.45, 7) is 0. The molecule has 1 heterocycles. The number of aromatic hydroxyl groups is 1. The summed E-state index contributed by atoms with van der Waals surface area (Å²) in [6, 6.07) is 11.8. The number of hydrogen-bond acceptors (Lipinski definition) is 7. The Morgan fingerprint density at radius 3 is 2.58 bits per heavy atom. The van der Waals surface area contributed by atoms with Crippen LogP contribution in [0.5, 0.6) is 5.75 Å². The van der Waals surface area contributed by atoms with Crippen molar-refractivity contribution >= 4 is 39.1 Å². The van der Waals surface area contributed by atoms with Gasteiger partial charge in [-0.2, -0.15) is 5.26 Å². The van der Waals surface area contributed by atoms with Gasteiger partial charge in [-0.15, -0.1) is 11.3 Å². The van der Waals surface area contributed by atoms with Gasteiger partial charge in [-0.05, 0) is 54.3 Å². The van der Waals surface area contributed by atoms with E-state index in [0.717, 1.165) is 22.5 Å². The maximum atomic E-state index is 12.7. The van der Waals surface area contributed by atoms with Crippen molar-refractivity contribution in [3.05, 3.63) is 69.6 Å². The number of hydrogen-bond donors (Lipinski definition) is 2. The predicted molar refractivity (Wildman–Crippen MR) is 127 cm³/mol. The van der Waals surface area contributed by atoms with Gasteiger partial charge in [0.1, 0.15) is 10.8 Å². The normalized spacial score (nSPS) is 11.5.